The first-order valence-corrected chi connectivity index (χ1v) is 7.18. The molecule has 0 aromatic heterocycles. The van der Waals surface area contributed by atoms with Crippen molar-refractivity contribution in [3.05, 3.63) is 48.1 Å². The highest BCUT2D eigenvalue weighted by Crippen LogP contribution is 2.65. The number of fused-ring (bicyclic) bond motifs is 2. The number of ketones is 1. The monoisotopic (exact) mass is 254 g/mol. The van der Waals surface area contributed by atoms with Gasteiger partial charge in [0, 0.05) is 11.3 Å². The average Bonchev–Trinajstić information content (AvgIpc) is 2.66. The molecule has 2 unspecified atom stereocenters. The fourth-order valence-corrected chi connectivity index (χ4v) is 4.03. The molecule has 0 aromatic rings. The molecule has 0 spiro atoms. The van der Waals surface area contributed by atoms with Crippen LogP contribution >= 0.6 is 0 Å². The molecule has 0 amide bonds. The predicted octanol–water partition coefficient (Wildman–Crippen LogP) is 4.24. The maximum atomic E-state index is 12.7. The van der Waals surface area contributed by atoms with Gasteiger partial charge in [0.1, 0.15) is 0 Å². The van der Waals surface area contributed by atoms with Crippen LogP contribution in [-0.2, 0) is 4.79 Å². The normalized spacial score (nSPS) is 38.7. The van der Waals surface area contributed by atoms with Crippen LogP contribution in [0.1, 0.15) is 33.6 Å². The smallest absolute Gasteiger partial charge is 0.165 e. The number of carbonyl (C=O) groups is 1. The number of hydrogen-bond acceptors (Lipinski definition) is 1. The third kappa shape index (κ3) is 1.57. The van der Waals surface area contributed by atoms with E-state index in [1.54, 1.807) is 0 Å². The van der Waals surface area contributed by atoms with Crippen molar-refractivity contribution >= 4 is 5.78 Å². The Morgan fingerprint density at radius 2 is 1.89 bits per heavy atom. The number of Topliss-reactive ketones (excluding diaryl/α,β-unsaturated/α-hetero) is 1. The zero-order chi connectivity index (χ0) is 13.8. The molecule has 0 N–H and O–H groups in total. The van der Waals surface area contributed by atoms with E-state index in [2.05, 4.69) is 45.6 Å². The van der Waals surface area contributed by atoms with Gasteiger partial charge in [0.15, 0.2) is 5.78 Å². The quantitative estimate of drug-likeness (QED) is 0.640. The van der Waals surface area contributed by atoms with Crippen molar-refractivity contribution in [1.82, 2.24) is 0 Å². The molecule has 0 saturated heterocycles. The highest BCUT2D eigenvalue weighted by molar-refractivity contribution is 6.04. The second-order valence-corrected chi connectivity index (χ2v) is 6.97. The van der Waals surface area contributed by atoms with E-state index in [4.69, 9.17) is 0 Å². The molecule has 2 saturated carbocycles. The van der Waals surface area contributed by atoms with Crippen molar-refractivity contribution in [1.29, 1.82) is 0 Å². The van der Waals surface area contributed by atoms with E-state index in [-0.39, 0.29) is 16.7 Å². The zero-order valence-electron chi connectivity index (χ0n) is 12.1. The molecule has 100 valence electrons. The SMILES string of the molecule is C=C1C=CC(/C=C2\C(=O)C3(C)CCC2C3(C)C)C=C1. The fraction of sp³-hybridized carbons (Fsp3) is 0.500. The number of rotatable bonds is 1. The molecular weight excluding hydrogens is 232 g/mol. The molecule has 2 fully saturated rings. The van der Waals surface area contributed by atoms with E-state index in [1.165, 1.54) is 0 Å². The van der Waals surface area contributed by atoms with Crippen LogP contribution in [0.5, 0.6) is 0 Å². The van der Waals surface area contributed by atoms with Gasteiger partial charge in [0.2, 0.25) is 0 Å². The molecule has 1 heteroatoms. The molecular formula is C18H22O. The lowest BCUT2D eigenvalue weighted by Gasteiger charge is -2.31. The summed E-state index contributed by atoms with van der Waals surface area (Å²) >= 11 is 0. The van der Waals surface area contributed by atoms with Crippen LogP contribution in [0, 0.1) is 22.7 Å². The third-order valence-electron chi connectivity index (χ3n) is 5.80. The van der Waals surface area contributed by atoms with Gasteiger partial charge >= 0.3 is 0 Å². The van der Waals surface area contributed by atoms with Crippen LogP contribution in [-0.4, -0.2) is 5.78 Å². The Bertz CT molecular complexity index is 528. The Hall–Kier alpha value is -1.37. The topological polar surface area (TPSA) is 17.1 Å². The van der Waals surface area contributed by atoms with Gasteiger partial charge in [-0.15, -0.1) is 0 Å². The standard InChI is InChI=1S/C18H22O/c1-12-5-7-13(8-6-12)11-14-15-9-10-18(4,16(14)19)17(15,2)3/h5-8,11,13,15H,1,9-10H2,2-4H3/b14-11-. The van der Waals surface area contributed by atoms with Gasteiger partial charge in [0.25, 0.3) is 0 Å². The summed E-state index contributed by atoms with van der Waals surface area (Å²) < 4.78 is 0. The van der Waals surface area contributed by atoms with E-state index in [0.29, 0.717) is 11.7 Å². The molecule has 19 heavy (non-hydrogen) atoms. The van der Waals surface area contributed by atoms with Gasteiger partial charge in [0.05, 0.1) is 0 Å². The first-order valence-electron chi connectivity index (χ1n) is 7.18. The molecule has 3 aliphatic rings. The van der Waals surface area contributed by atoms with Crippen molar-refractivity contribution < 1.29 is 4.79 Å². The van der Waals surface area contributed by atoms with Gasteiger partial charge in [-0.3, -0.25) is 4.79 Å². The Morgan fingerprint density at radius 3 is 2.42 bits per heavy atom. The lowest BCUT2D eigenvalue weighted by Crippen LogP contribution is -2.32. The summed E-state index contributed by atoms with van der Waals surface area (Å²) in [5, 5.41) is 0. The lowest BCUT2D eigenvalue weighted by molar-refractivity contribution is -0.125. The molecule has 3 rings (SSSR count). The van der Waals surface area contributed by atoms with E-state index >= 15 is 0 Å². The van der Waals surface area contributed by atoms with Crippen molar-refractivity contribution in [3.63, 3.8) is 0 Å². The largest absolute Gasteiger partial charge is 0.294 e. The third-order valence-corrected chi connectivity index (χ3v) is 5.80. The Morgan fingerprint density at radius 1 is 1.26 bits per heavy atom. The first-order chi connectivity index (χ1) is 8.86. The lowest BCUT2D eigenvalue weighted by atomic mass is 9.70. The van der Waals surface area contributed by atoms with Gasteiger partial charge in [-0.25, -0.2) is 0 Å². The second-order valence-electron chi connectivity index (χ2n) is 6.97. The van der Waals surface area contributed by atoms with Crippen molar-refractivity contribution in [2.75, 3.05) is 0 Å². The van der Waals surface area contributed by atoms with E-state index in [0.717, 1.165) is 24.0 Å². The zero-order valence-corrected chi connectivity index (χ0v) is 12.1. The molecule has 0 aromatic carbocycles. The fourth-order valence-electron chi connectivity index (χ4n) is 4.03. The maximum Gasteiger partial charge on any atom is 0.165 e. The highest BCUT2D eigenvalue weighted by Gasteiger charge is 2.63. The minimum absolute atomic E-state index is 0.113. The van der Waals surface area contributed by atoms with Crippen LogP contribution in [0.15, 0.2) is 48.1 Å². The van der Waals surface area contributed by atoms with Crippen LogP contribution in [0.25, 0.3) is 0 Å². The minimum atomic E-state index is -0.144. The molecule has 3 aliphatic carbocycles. The van der Waals surface area contributed by atoms with Crippen molar-refractivity contribution in [2.24, 2.45) is 22.7 Å². The number of allylic oxidation sites excluding steroid dienone is 7. The van der Waals surface area contributed by atoms with Crippen LogP contribution in [0.2, 0.25) is 0 Å². The summed E-state index contributed by atoms with van der Waals surface area (Å²) in [4.78, 5) is 12.7. The van der Waals surface area contributed by atoms with Crippen LogP contribution < -0.4 is 0 Å². The van der Waals surface area contributed by atoms with Crippen molar-refractivity contribution in [3.8, 4) is 0 Å². The summed E-state index contributed by atoms with van der Waals surface area (Å²) in [6, 6.07) is 0. The Balaban J connectivity index is 1.96. The summed E-state index contributed by atoms with van der Waals surface area (Å²) in [5.41, 5.74) is 2.07. The molecule has 2 bridgehead atoms. The van der Waals surface area contributed by atoms with Gasteiger partial charge in [-0.1, -0.05) is 57.7 Å². The highest BCUT2D eigenvalue weighted by atomic mass is 16.1. The average molecular weight is 254 g/mol. The molecule has 0 aliphatic heterocycles. The van der Waals surface area contributed by atoms with Crippen LogP contribution in [0.4, 0.5) is 0 Å². The summed E-state index contributed by atoms with van der Waals surface area (Å²) in [7, 11) is 0. The summed E-state index contributed by atoms with van der Waals surface area (Å²) in [5.74, 6) is 1.08. The predicted molar refractivity (Wildman–Crippen MR) is 78.6 cm³/mol. The Labute approximate surface area is 115 Å². The Kier molecular flexibility index (Phi) is 2.54. The number of carbonyl (C=O) groups excluding carboxylic acids is 1. The number of hydrogen-bond donors (Lipinski definition) is 0. The van der Waals surface area contributed by atoms with E-state index < -0.39 is 0 Å². The molecule has 1 nitrogen and oxygen atoms in total. The van der Waals surface area contributed by atoms with E-state index in [1.807, 2.05) is 12.2 Å². The summed E-state index contributed by atoms with van der Waals surface area (Å²) in [6.45, 7) is 10.6. The van der Waals surface area contributed by atoms with Gasteiger partial charge < -0.3 is 0 Å². The molecule has 0 radical (unpaired) electrons. The minimum Gasteiger partial charge on any atom is -0.294 e. The summed E-state index contributed by atoms with van der Waals surface area (Å²) in [6.07, 6.45) is 12.7. The van der Waals surface area contributed by atoms with Gasteiger partial charge in [-0.05, 0) is 35.3 Å². The van der Waals surface area contributed by atoms with Crippen LogP contribution in [0.3, 0.4) is 0 Å². The maximum absolute atomic E-state index is 12.7. The first kappa shape index (κ1) is 12.7. The van der Waals surface area contributed by atoms with Crippen molar-refractivity contribution in [2.45, 2.75) is 33.6 Å². The molecule has 0 heterocycles. The van der Waals surface area contributed by atoms with E-state index in [9.17, 15) is 4.79 Å². The van der Waals surface area contributed by atoms with Gasteiger partial charge in [-0.2, -0.15) is 0 Å². The second kappa shape index (κ2) is 3.82. The molecule has 2 atom stereocenters.